The zero-order valence-electron chi connectivity index (χ0n) is 12.0. The van der Waals surface area contributed by atoms with E-state index in [2.05, 4.69) is 31.2 Å². The van der Waals surface area contributed by atoms with Crippen LogP contribution in [0.2, 0.25) is 0 Å². The predicted molar refractivity (Wildman–Crippen MR) is 93.7 cm³/mol. The van der Waals surface area contributed by atoms with Crippen molar-refractivity contribution >= 4 is 40.6 Å². The molecule has 21 heavy (non-hydrogen) atoms. The molecule has 0 fully saturated rings. The lowest BCUT2D eigenvalue weighted by Gasteiger charge is -2.26. The Labute approximate surface area is 138 Å². The van der Waals surface area contributed by atoms with Gasteiger partial charge >= 0.3 is 0 Å². The number of unbranched alkanes of at least 4 members (excludes halogenated alkanes) is 1. The van der Waals surface area contributed by atoms with Crippen molar-refractivity contribution in [1.82, 2.24) is 0 Å². The first-order valence-corrected chi connectivity index (χ1v) is 9.77. The van der Waals surface area contributed by atoms with Gasteiger partial charge < -0.3 is 0 Å². The molecule has 4 heteroatoms. The number of carbonyl (C=O) groups is 1. The number of rotatable bonds is 6. The topological polar surface area (TPSA) is 17.1 Å². The number of hydrogen-bond acceptors (Lipinski definition) is 4. The van der Waals surface area contributed by atoms with E-state index in [9.17, 15) is 4.79 Å². The van der Waals surface area contributed by atoms with E-state index in [1.165, 1.54) is 22.6 Å². The first kappa shape index (κ1) is 15.2. The largest absolute Gasteiger partial charge is 0.293 e. The summed E-state index contributed by atoms with van der Waals surface area (Å²) in [6.07, 6.45) is 4.06. The van der Waals surface area contributed by atoms with E-state index >= 15 is 0 Å². The summed E-state index contributed by atoms with van der Waals surface area (Å²) in [4.78, 5) is 16.1. The fourth-order valence-corrected chi connectivity index (χ4v) is 6.47. The quantitative estimate of drug-likeness (QED) is 0.594. The number of thioether (sulfide) groups is 2. The van der Waals surface area contributed by atoms with Gasteiger partial charge in [-0.2, -0.15) is 0 Å². The lowest BCUT2D eigenvalue weighted by Crippen LogP contribution is -2.21. The molecule has 0 bridgehead atoms. The average Bonchev–Trinajstić information content (AvgIpc) is 3.12. The molecule has 0 N–H and O–H groups in total. The van der Waals surface area contributed by atoms with E-state index in [1.54, 1.807) is 11.3 Å². The molecule has 3 rings (SSSR count). The Morgan fingerprint density at radius 2 is 1.81 bits per heavy atom. The van der Waals surface area contributed by atoms with Crippen LogP contribution in [0.5, 0.6) is 0 Å². The van der Waals surface area contributed by atoms with Gasteiger partial charge in [-0.05, 0) is 30.0 Å². The maximum absolute atomic E-state index is 12.6. The highest BCUT2D eigenvalue weighted by molar-refractivity contribution is 8.20. The Bertz CT molecular complexity index is 594. The minimum atomic E-state index is -0.0131. The van der Waals surface area contributed by atoms with Crippen LogP contribution in [0.1, 0.15) is 42.3 Å². The van der Waals surface area contributed by atoms with Gasteiger partial charge in [0.1, 0.15) is 0 Å². The molecule has 0 aliphatic carbocycles. The molecule has 2 heterocycles. The fourth-order valence-electron chi connectivity index (χ4n) is 2.52. The maximum Gasteiger partial charge on any atom is 0.175 e. The van der Waals surface area contributed by atoms with Gasteiger partial charge in [0.05, 0.1) is 8.96 Å². The Morgan fingerprint density at radius 1 is 1.10 bits per heavy atom. The van der Waals surface area contributed by atoms with Crippen molar-refractivity contribution in [3.8, 4) is 0 Å². The summed E-state index contributed by atoms with van der Waals surface area (Å²) in [6.45, 7) is 2.21. The van der Waals surface area contributed by atoms with E-state index in [4.69, 9.17) is 0 Å². The van der Waals surface area contributed by atoms with Crippen LogP contribution < -0.4 is 0 Å². The van der Waals surface area contributed by atoms with Crippen molar-refractivity contribution in [3.63, 3.8) is 0 Å². The lowest BCUT2D eigenvalue weighted by atomic mass is 10.1. The first-order valence-electron chi connectivity index (χ1n) is 7.26. The molecule has 110 valence electrons. The number of benzene rings is 1. The van der Waals surface area contributed by atoms with E-state index in [0.29, 0.717) is 6.42 Å². The van der Waals surface area contributed by atoms with Crippen molar-refractivity contribution in [2.45, 2.75) is 46.5 Å². The predicted octanol–water partition coefficient (Wildman–Crippen LogP) is 6.11. The molecule has 1 aliphatic heterocycles. The molecule has 0 radical (unpaired) electrons. The van der Waals surface area contributed by atoms with Gasteiger partial charge in [-0.3, -0.25) is 4.79 Å². The third-order valence-electron chi connectivity index (χ3n) is 3.58. The monoisotopic (exact) mass is 334 g/mol. The molecule has 0 saturated carbocycles. The van der Waals surface area contributed by atoms with Crippen LogP contribution in [0.25, 0.3) is 0 Å². The molecular weight excluding hydrogens is 316 g/mol. The van der Waals surface area contributed by atoms with Crippen molar-refractivity contribution in [3.05, 3.63) is 46.7 Å². The molecule has 0 amide bonds. The summed E-state index contributed by atoms with van der Waals surface area (Å²) in [7, 11) is 0. The standard InChI is InChI=1S/C17H18OS3/c1-2-3-10-17(12-13(18)14-9-6-11-19-14)20-15-7-4-5-8-16(15)21-17/h4-9,11H,2-3,10,12H2,1H3. The maximum atomic E-state index is 12.6. The van der Waals surface area contributed by atoms with Crippen molar-refractivity contribution in [1.29, 1.82) is 0 Å². The average molecular weight is 335 g/mol. The number of hydrogen-bond donors (Lipinski definition) is 0. The zero-order valence-corrected chi connectivity index (χ0v) is 14.5. The molecular formula is C17H18OS3. The highest BCUT2D eigenvalue weighted by Crippen LogP contribution is 2.59. The van der Waals surface area contributed by atoms with Gasteiger partial charge in [-0.15, -0.1) is 34.9 Å². The number of fused-ring (bicyclic) bond motifs is 1. The molecule has 0 atom stereocenters. The summed E-state index contributed by atoms with van der Waals surface area (Å²) < 4.78 is -0.0131. The molecule has 0 spiro atoms. The number of Topliss-reactive ketones (excluding diaryl/α,β-unsaturated/α-hetero) is 1. The highest BCUT2D eigenvalue weighted by Gasteiger charge is 2.40. The van der Waals surface area contributed by atoms with Gasteiger partial charge in [0.2, 0.25) is 0 Å². The van der Waals surface area contributed by atoms with Crippen molar-refractivity contribution in [2.75, 3.05) is 0 Å². The molecule has 1 nitrogen and oxygen atoms in total. The van der Waals surface area contributed by atoms with Gasteiger partial charge in [0, 0.05) is 16.2 Å². The van der Waals surface area contributed by atoms with Gasteiger partial charge in [-0.1, -0.05) is 38.0 Å². The lowest BCUT2D eigenvalue weighted by molar-refractivity contribution is 0.0982. The third kappa shape index (κ3) is 3.38. The molecule has 1 aromatic heterocycles. The number of thiophene rings is 1. The zero-order chi connectivity index (χ0) is 14.7. The van der Waals surface area contributed by atoms with E-state index in [-0.39, 0.29) is 9.86 Å². The summed E-state index contributed by atoms with van der Waals surface area (Å²) in [5.74, 6) is 0.286. The van der Waals surface area contributed by atoms with Crippen LogP contribution in [0.15, 0.2) is 51.6 Å². The van der Waals surface area contributed by atoms with Crippen molar-refractivity contribution in [2.24, 2.45) is 0 Å². The first-order chi connectivity index (χ1) is 10.2. The van der Waals surface area contributed by atoms with Gasteiger partial charge in [0.25, 0.3) is 0 Å². The molecule has 0 unspecified atom stereocenters. The summed E-state index contributed by atoms with van der Waals surface area (Å²) in [5, 5.41) is 1.98. The van der Waals surface area contributed by atoms with E-state index in [1.807, 2.05) is 41.0 Å². The normalized spacial score (nSPS) is 15.9. The van der Waals surface area contributed by atoms with Crippen LogP contribution in [0, 0.1) is 0 Å². The second-order valence-corrected chi connectivity index (χ2v) is 9.30. The molecule has 2 aromatic rings. The van der Waals surface area contributed by atoms with Gasteiger partial charge in [0.15, 0.2) is 5.78 Å². The second kappa shape index (κ2) is 6.59. The third-order valence-corrected chi connectivity index (χ3v) is 7.71. The Balaban J connectivity index is 1.81. The fraction of sp³-hybridized carbons (Fsp3) is 0.353. The minimum absolute atomic E-state index is 0.0131. The Hall–Kier alpha value is -0.710. The summed E-state index contributed by atoms with van der Waals surface area (Å²) in [6, 6.07) is 12.4. The van der Waals surface area contributed by atoms with E-state index in [0.717, 1.165) is 11.3 Å². The number of ketones is 1. The van der Waals surface area contributed by atoms with Crippen LogP contribution in [0.4, 0.5) is 0 Å². The SMILES string of the molecule is CCCCC1(CC(=O)c2cccs2)Sc2ccccc2S1. The molecule has 1 aliphatic rings. The second-order valence-electron chi connectivity index (χ2n) is 5.24. The molecule has 1 aromatic carbocycles. The van der Waals surface area contributed by atoms with Crippen LogP contribution in [0.3, 0.4) is 0 Å². The number of carbonyl (C=O) groups excluding carboxylic acids is 1. The summed E-state index contributed by atoms with van der Waals surface area (Å²) >= 11 is 5.34. The van der Waals surface area contributed by atoms with Crippen LogP contribution in [-0.2, 0) is 0 Å². The smallest absolute Gasteiger partial charge is 0.175 e. The Morgan fingerprint density at radius 3 is 2.38 bits per heavy atom. The minimum Gasteiger partial charge on any atom is -0.293 e. The highest BCUT2D eigenvalue weighted by atomic mass is 32.2. The molecule has 0 saturated heterocycles. The van der Waals surface area contributed by atoms with Crippen LogP contribution >= 0.6 is 34.9 Å². The summed E-state index contributed by atoms with van der Waals surface area (Å²) in [5.41, 5.74) is 0. The van der Waals surface area contributed by atoms with Crippen molar-refractivity contribution < 1.29 is 4.79 Å². The van der Waals surface area contributed by atoms with Gasteiger partial charge in [-0.25, -0.2) is 0 Å². The Kier molecular flexibility index (Phi) is 4.77. The van der Waals surface area contributed by atoms with E-state index < -0.39 is 0 Å². The van der Waals surface area contributed by atoms with Crippen LogP contribution in [-0.4, -0.2) is 9.86 Å².